The van der Waals surface area contributed by atoms with Gasteiger partial charge in [-0.15, -0.1) is 0 Å². The van der Waals surface area contributed by atoms with Crippen LogP contribution in [0, 0.1) is 5.92 Å². The zero-order valence-electron chi connectivity index (χ0n) is 11.2. The fourth-order valence-corrected chi connectivity index (χ4v) is 2.52. The summed E-state index contributed by atoms with van der Waals surface area (Å²) in [5.41, 5.74) is 0. The van der Waals surface area contributed by atoms with Crippen molar-refractivity contribution in [1.29, 1.82) is 0 Å². The molecule has 0 N–H and O–H groups in total. The number of carbonyl (C=O) groups excluding carboxylic acids is 1. The zero-order chi connectivity index (χ0) is 13.2. The molecular formula is C13H19N3O3. The Kier molecular flexibility index (Phi) is 3.50. The molecule has 104 valence electrons. The molecule has 2 fully saturated rings. The zero-order valence-corrected chi connectivity index (χ0v) is 11.2. The van der Waals surface area contributed by atoms with Crippen molar-refractivity contribution in [2.45, 2.75) is 38.1 Å². The largest absolute Gasteiger partial charge is 0.469 e. The number of piperidine rings is 1. The number of methoxy groups -OCH3 is 1. The lowest BCUT2D eigenvalue weighted by Gasteiger charge is -2.29. The lowest BCUT2D eigenvalue weighted by atomic mass is 9.97. The standard InChI is InChI=1S/C13H19N3O3/c1-18-13(17)10-4-6-16(7-5-10)8-11-14-12(19-15-11)9-2-3-9/h9-10H,2-8H2,1H3. The number of hydrogen-bond donors (Lipinski definition) is 0. The molecule has 0 spiro atoms. The number of aromatic nitrogens is 2. The summed E-state index contributed by atoms with van der Waals surface area (Å²) in [6.07, 6.45) is 4.04. The van der Waals surface area contributed by atoms with E-state index in [9.17, 15) is 4.79 Å². The number of hydrogen-bond acceptors (Lipinski definition) is 6. The molecule has 1 aliphatic heterocycles. The molecule has 0 aromatic carbocycles. The summed E-state index contributed by atoms with van der Waals surface area (Å²) in [5, 5.41) is 4.02. The minimum atomic E-state index is -0.0877. The minimum Gasteiger partial charge on any atom is -0.469 e. The molecule has 1 saturated carbocycles. The van der Waals surface area contributed by atoms with Crippen molar-refractivity contribution in [3.8, 4) is 0 Å². The molecule has 2 heterocycles. The Balaban J connectivity index is 1.49. The minimum absolute atomic E-state index is 0.0496. The van der Waals surface area contributed by atoms with E-state index in [2.05, 4.69) is 15.0 Å². The van der Waals surface area contributed by atoms with Gasteiger partial charge in [-0.05, 0) is 38.8 Å². The first kappa shape index (κ1) is 12.6. The molecule has 1 aromatic heterocycles. The van der Waals surface area contributed by atoms with E-state index in [1.54, 1.807) is 0 Å². The number of ether oxygens (including phenoxy) is 1. The molecule has 0 bridgehead atoms. The van der Waals surface area contributed by atoms with E-state index in [1.807, 2.05) is 0 Å². The Labute approximate surface area is 112 Å². The quantitative estimate of drug-likeness (QED) is 0.765. The molecule has 19 heavy (non-hydrogen) atoms. The van der Waals surface area contributed by atoms with Gasteiger partial charge in [0, 0.05) is 5.92 Å². The summed E-state index contributed by atoms with van der Waals surface area (Å²) in [6.45, 7) is 2.48. The summed E-state index contributed by atoms with van der Waals surface area (Å²) in [6, 6.07) is 0. The number of esters is 1. The van der Waals surface area contributed by atoms with Gasteiger partial charge in [-0.2, -0.15) is 4.98 Å². The molecule has 2 aliphatic rings. The SMILES string of the molecule is COC(=O)C1CCN(Cc2noc(C3CC3)n2)CC1. The predicted molar refractivity (Wildman–Crippen MR) is 66.3 cm³/mol. The summed E-state index contributed by atoms with van der Waals surface area (Å²) < 4.78 is 10.0. The van der Waals surface area contributed by atoms with E-state index in [-0.39, 0.29) is 11.9 Å². The summed E-state index contributed by atoms with van der Waals surface area (Å²) in [5.74, 6) is 2.02. The van der Waals surface area contributed by atoms with Crippen molar-refractivity contribution in [2.75, 3.05) is 20.2 Å². The molecular weight excluding hydrogens is 246 g/mol. The van der Waals surface area contributed by atoms with Crippen LogP contribution in [0.25, 0.3) is 0 Å². The Hall–Kier alpha value is -1.43. The van der Waals surface area contributed by atoms with Crippen molar-refractivity contribution in [2.24, 2.45) is 5.92 Å². The fraction of sp³-hybridized carbons (Fsp3) is 0.769. The van der Waals surface area contributed by atoms with E-state index in [1.165, 1.54) is 20.0 Å². The second-order valence-electron chi connectivity index (χ2n) is 5.40. The predicted octanol–water partition coefficient (Wildman–Crippen LogP) is 1.33. The Bertz CT molecular complexity index is 448. The van der Waals surface area contributed by atoms with Crippen LogP contribution in [-0.4, -0.2) is 41.2 Å². The average molecular weight is 265 g/mol. The molecule has 1 saturated heterocycles. The van der Waals surface area contributed by atoms with Crippen molar-refractivity contribution in [3.05, 3.63) is 11.7 Å². The third-order valence-electron chi connectivity index (χ3n) is 3.90. The molecule has 0 atom stereocenters. The van der Waals surface area contributed by atoms with E-state index >= 15 is 0 Å². The number of carbonyl (C=O) groups is 1. The van der Waals surface area contributed by atoms with Crippen LogP contribution in [-0.2, 0) is 16.1 Å². The molecule has 3 rings (SSSR count). The van der Waals surface area contributed by atoms with Gasteiger partial charge in [0.05, 0.1) is 19.6 Å². The topological polar surface area (TPSA) is 68.5 Å². The van der Waals surface area contributed by atoms with Crippen molar-refractivity contribution in [1.82, 2.24) is 15.0 Å². The van der Waals surface area contributed by atoms with Crippen LogP contribution in [0.1, 0.15) is 43.3 Å². The molecule has 0 unspecified atom stereocenters. The highest BCUT2D eigenvalue weighted by atomic mass is 16.5. The average Bonchev–Trinajstić information content (AvgIpc) is 3.20. The summed E-state index contributed by atoms with van der Waals surface area (Å²) in [7, 11) is 1.45. The number of nitrogens with zero attached hydrogens (tertiary/aromatic N) is 3. The monoisotopic (exact) mass is 265 g/mol. The van der Waals surface area contributed by atoms with Gasteiger partial charge in [0.1, 0.15) is 0 Å². The Morgan fingerprint density at radius 1 is 1.37 bits per heavy atom. The second-order valence-corrected chi connectivity index (χ2v) is 5.40. The third-order valence-corrected chi connectivity index (χ3v) is 3.90. The van der Waals surface area contributed by atoms with E-state index < -0.39 is 0 Å². The van der Waals surface area contributed by atoms with E-state index in [0.29, 0.717) is 12.5 Å². The van der Waals surface area contributed by atoms with Crippen molar-refractivity contribution in [3.63, 3.8) is 0 Å². The van der Waals surface area contributed by atoms with Crippen LogP contribution in [0.2, 0.25) is 0 Å². The van der Waals surface area contributed by atoms with Crippen LogP contribution in [0.4, 0.5) is 0 Å². The van der Waals surface area contributed by atoms with Crippen LogP contribution in [0.15, 0.2) is 4.52 Å². The van der Waals surface area contributed by atoms with Crippen molar-refractivity contribution >= 4 is 5.97 Å². The van der Waals surface area contributed by atoms with Gasteiger partial charge in [0.25, 0.3) is 0 Å². The second kappa shape index (κ2) is 5.28. The van der Waals surface area contributed by atoms with Crippen LogP contribution in [0.5, 0.6) is 0 Å². The highest BCUT2D eigenvalue weighted by Gasteiger charge is 2.30. The van der Waals surface area contributed by atoms with Gasteiger partial charge in [-0.25, -0.2) is 0 Å². The third kappa shape index (κ3) is 2.94. The van der Waals surface area contributed by atoms with Crippen LogP contribution < -0.4 is 0 Å². The summed E-state index contributed by atoms with van der Waals surface area (Å²) in [4.78, 5) is 18.1. The molecule has 0 radical (unpaired) electrons. The first-order valence-electron chi connectivity index (χ1n) is 6.89. The molecule has 1 aliphatic carbocycles. The first-order valence-corrected chi connectivity index (χ1v) is 6.89. The number of likely N-dealkylation sites (tertiary alicyclic amines) is 1. The Morgan fingerprint density at radius 2 is 2.11 bits per heavy atom. The molecule has 6 nitrogen and oxygen atoms in total. The maximum Gasteiger partial charge on any atom is 0.308 e. The van der Waals surface area contributed by atoms with Gasteiger partial charge in [0.2, 0.25) is 5.89 Å². The summed E-state index contributed by atoms with van der Waals surface area (Å²) >= 11 is 0. The highest BCUT2D eigenvalue weighted by Crippen LogP contribution is 2.38. The first-order chi connectivity index (χ1) is 9.26. The fourth-order valence-electron chi connectivity index (χ4n) is 2.52. The van der Waals surface area contributed by atoms with Gasteiger partial charge in [0.15, 0.2) is 5.82 Å². The Morgan fingerprint density at radius 3 is 2.74 bits per heavy atom. The lowest BCUT2D eigenvalue weighted by molar-refractivity contribution is -0.147. The highest BCUT2D eigenvalue weighted by molar-refractivity contribution is 5.72. The molecule has 6 heteroatoms. The van der Waals surface area contributed by atoms with E-state index in [4.69, 9.17) is 9.26 Å². The van der Waals surface area contributed by atoms with Crippen LogP contribution >= 0.6 is 0 Å². The molecule has 0 amide bonds. The van der Waals surface area contributed by atoms with E-state index in [0.717, 1.165) is 37.6 Å². The maximum atomic E-state index is 11.4. The maximum absolute atomic E-state index is 11.4. The van der Waals surface area contributed by atoms with Gasteiger partial charge >= 0.3 is 5.97 Å². The van der Waals surface area contributed by atoms with Gasteiger partial charge in [-0.3, -0.25) is 9.69 Å². The van der Waals surface area contributed by atoms with Crippen molar-refractivity contribution < 1.29 is 14.1 Å². The van der Waals surface area contributed by atoms with Crippen LogP contribution in [0.3, 0.4) is 0 Å². The number of rotatable bonds is 4. The normalized spacial score (nSPS) is 21.5. The van der Waals surface area contributed by atoms with Gasteiger partial charge < -0.3 is 9.26 Å². The van der Waals surface area contributed by atoms with Gasteiger partial charge in [-0.1, -0.05) is 5.16 Å². The lowest BCUT2D eigenvalue weighted by Crippen LogP contribution is -2.36. The molecule has 1 aromatic rings. The smallest absolute Gasteiger partial charge is 0.308 e.